The number of morpholine rings is 1. The van der Waals surface area contributed by atoms with Gasteiger partial charge in [0.15, 0.2) is 0 Å². The quantitative estimate of drug-likeness (QED) is 0.704. The van der Waals surface area contributed by atoms with Gasteiger partial charge < -0.3 is 14.4 Å². The van der Waals surface area contributed by atoms with Gasteiger partial charge in [-0.25, -0.2) is 8.42 Å². The highest BCUT2D eigenvalue weighted by Gasteiger charge is 2.31. The second-order valence-corrected chi connectivity index (χ2v) is 8.55. The van der Waals surface area contributed by atoms with Crippen molar-refractivity contribution in [3.05, 3.63) is 54.1 Å². The van der Waals surface area contributed by atoms with Crippen LogP contribution >= 0.6 is 0 Å². The van der Waals surface area contributed by atoms with Gasteiger partial charge in [-0.15, -0.1) is 13.2 Å². The fourth-order valence-electron chi connectivity index (χ4n) is 3.08. The van der Waals surface area contributed by atoms with Crippen LogP contribution in [0.1, 0.15) is 5.56 Å². The van der Waals surface area contributed by atoms with Crippen LogP contribution in [0.2, 0.25) is 0 Å². The summed E-state index contributed by atoms with van der Waals surface area (Å²) in [5, 5.41) is 0. The normalized spacial score (nSPS) is 15.6. The summed E-state index contributed by atoms with van der Waals surface area (Å²) in [5.74, 6) is -0.475. The highest BCUT2D eigenvalue weighted by atomic mass is 32.2. The molecule has 0 saturated carbocycles. The SMILES string of the molecule is CN(Cc1ccccc1N1CCOCC1)S(=O)(=O)c1ccc(OC(F)(F)F)cc1. The number of hydrogen-bond donors (Lipinski definition) is 0. The van der Waals surface area contributed by atoms with E-state index in [9.17, 15) is 21.6 Å². The Balaban J connectivity index is 1.77. The Bertz CT molecular complexity index is 927. The summed E-state index contributed by atoms with van der Waals surface area (Å²) in [7, 11) is -2.46. The van der Waals surface area contributed by atoms with Crippen molar-refractivity contribution in [1.29, 1.82) is 0 Å². The number of nitrogens with zero attached hydrogens (tertiary/aromatic N) is 2. The number of halogens is 3. The largest absolute Gasteiger partial charge is 0.573 e. The molecule has 0 bridgehead atoms. The van der Waals surface area contributed by atoms with E-state index in [1.54, 1.807) is 0 Å². The topological polar surface area (TPSA) is 59.1 Å². The lowest BCUT2D eigenvalue weighted by Crippen LogP contribution is -2.37. The minimum atomic E-state index is -4.83. The molecule has 0 aromatic heterocycles. The van der Waals surface area contributed by atoms with Crippen LogP contribution in [0.25, 0.3) is 0 Å². The fourth-order valence-corrected chi connectivity index (χ4v) is 4.22. The highest BCUT2D eigenvalue weighted by molar-refractivity contribution is 7.89. The van der Waals surface area contributed by atoms with Crippen LogP contribution in [0, 0.1) is 0 Å². The Morgan fingerprint density at radius 3 is 2.31 bits per heavy atom. The van der Waals surface area contributed by atoms with Gasteiger partial charge in [0, 0.05) is 32.4 Å². The molecular formula is C19H21F3N2O4S. The first kappa shape index (κ1) is 21.4. The van der Waals surface area contributed by atoms with Gasteiger partial charge in [0.05, 0.1) is 18.1 Å². The molecule has 1 aliphatic heterocycles. The van der Waals surface area contributed by atoms with Crippen LogP contribution in [0.15, 0.2) is 53.4 Å². The molecular weight excluding hydrogens is 409 g/mol. The van der Waals surface area contributed by atoms with Crippen molar-refractivity contribution >= 4 is 15.7 Å². The molecule has 0 aliphatic carbocycles. The molecule has 0 atom stereocenters. The monoisotopic (exact) mass is 430 g/mol. The van der Waals surface area contributed by atoms with E-state index in [1.807, 2.05) is 24.3 Å². The summed E-state index contributed by atoms with van der Waals surface area (Å²) in [4.78, 5) is 2.03. The molecule has 0 spiro atoms. The smallest absolute Gasteiger partial charge is 0.406 e. The third kappa shape index (κ3) is 5.40. The van der Waals surface area contributed by atoms with Crippen molar-refractivity contribution in [2.75, 3.05) is 38.3 Å². The molecule has 0 unspecified atom stereocenters. The highest BCUT2D eigenvalue weighted by Crippen LogP contribution is 2.27. The number of alkyl halides is 3. The minimum Gasteiger partial charge on any atom is -0.406 e. The van der Waals surface area contributed by atoms with Crippen LogP contribution in [0.5, 0.6) is 5.75 Å². The zero-order chi connectivity index (χ0) is 21.1. The summed E-state index contributed by atoms with van der Waals surface area (Å²) in [6.07, 6.45) is -4.83. The second-order valence-electron chi connectivity index (χ2n) is 6.51. The average molecular weight is 430 g/mol. The molecule has 2 aromatic rings. The summed E-state index contributed by atoms with van der Waals surface area (Å²) < 4.78 is 72.9. The Morgan fingerprint density at radius 1 is 1.07 bits per heavy atom. The predicted molar refractivity (Wildman–Crippen MR) is 101 cm³/mol. The third-order valence-electron chi connectivity index (χ3n) is 4.50. The standard InChI is InChI=1S/C19H21F3N2O4S/c1-23(14-15-4-2-3-5-18(15)24-10-12-27-13-11-24)29(25,26)17-8-6-16(7-9-17)28-19(20,21)22/h2-9H,10-14H2,1H3. The lowest BCUT2D eigenvalue weighted by atomic mass is 10.1. The number of sulfonamides is 1. The van der Waals surface area contributed by atoms with Crippen molar-refractivity contribution in [3.8, 4) is 5.75 Å². The van der Waals surface area contributed by atoms with Crippen LogP contribution in [0.3, 0.4) is 0 Å². The van der Waals surface area contributed by atoms with Crippen molar-refractivity contribution in [2.45, 2.75) is 17.8 Å². The molecule has 1 fully saturated rings. The number of anilines is 1. The van der Waals surface area contributed by atoms with E-state index in [1.165, 1.54) is 11.4 Å². The summed E-state index contributed by atoms with van der Waals surface area (Å²) in [6, 6.07) is 11.7. The predicted octanol–water partition coefficient (Wildman–Crippen LogP) is 3.24. The average Bonchev–Trinajstić information content (AvgIpc) is 2.68. The van der Waals surface area contributed by atoms with Gasteiger partial charge in [0.25, 0.3) is 0 Å². The maximum absolute atomic E-state index is 12.8. The molecule has 1 heterocycles. The summed E-state index contributed by atoms with van der Waals surface area (Å²) >= 11 is 0. The van der Waals surface area contributed by atoms with E-state index in [-0.39, 0.29) is 11.4 Å². The molecule has 0 amide bonds. The lowest BCUT2D eigenvalue weighted by molar-refractivity contribution is -0.274. The second kappa shape index (κ2) is 8.60. The van der Waals surface area contributed by atoms with Crippen LogP contribution in [0.4, 0.5) is 18.9 Å². The van der Waals surface area contributed by atoms with E-state index in [0.717, 1.165) is 35.5 Å². The Kier molecular flexibility index (Phi) is 6.35. The van der Waals surface area contributed by atoms with Gasteiger partial charge in [-0.1, -0.05) is 18.2 Å². The van der Waals surface area contributed by atoms with Gasteiger partial charge in [0.2, 0.25) is 10.0 Å². The zero-order valence-corrected chi connectivity index (χ0v) is 16.5. The van der Waals surface area contributed by atoms with Gasteiger partial charge in [-0.05, 0) is 35.9 Å². The Hall–Kier alpha value is -2.30. The van der Waals surface area contributed by atoms with Gasteiger partial charge in [-0.2, -0.15) is 4.31 Å². The molecule has 1 aliphatic rings. The molecule has 6 nitrogen and oxygen atoms in total. The first-order valence-electron chi connectivity index (χ1n) is 8.89. The molecule has 2 aromatic carbocycles. The number of rotatable bonds is 6. The summed E-state index contributed by atoms with van der Waals surface area (Å²) in [6.45, 7) is 2.77. The van der Waals surface area contributed by atoms with Crippen molar-refractivity contribution in [1.82, 2.24) is 4.31 Å². The molecule has 0 radical (unpaired) electrons. The lowest BCUT2D eigenvalue weighted by Gasteiger charge is -2.31. The van der Waals surface area contributed by atoms with Gasteiger partial charge in [-0.3, -0.25) is 0 Å². The first-order valence-corrected chi connectivity index (χ1v) is 10.3. The minimum absolute atomic E-state index is 0.113. The van der Waals surface area contributed by atoms with E-state index in [4.69, 9.17) is 4.74 Å². The number of para-hydroxylation sites is 1. The van der Waals surface area contributed by atoms with E-state index in [0.29, 0.717) is 26.3 Å². The summed E-state index contributed by atoms with van der Waals surface area (Å²) in [5.41, 5.74) is 1.77. The van der Waals surface area contributed by atoms with E-state index >= 15 is 0 Å². The Morgan fingerprint density at radius 2 is 1.69 bits per heavy atom. The van der Waals surface area contributed by atoms with E-state index < -0.39 is 22.1 Å². The molecule has 10 heteroatoms. The zero-order valence-electron chi connectivity index (χ0n) is 15.7. The van der Waals surface area contributed by atoms with Crippen molar-refractivity contribution in [2.24, 2.45) is 0 Å². The maximum atomic E-state index is 12.8. The third-order valence-corrected chi connectivity index (χ3v) is 6.32. The molecule has 3 rings (SSSR count). The maximum Gasteiger partial charge on any atom is 0.573 e. The number of ether oxygens (including phenoxy) is 2. The Labute approximate surface area is 167 Å². The van der Waals surface area contributed by atoms with Crippen molar-refractivity contribution < 1.29 is 31.1 Å². The first-order chi connectivity index (χ1) is 13.7. The molecule has 29 heavy (non-hydrogen) atoms. The molecule has 1 saturated heterocycles. The van der Waals surface area contributed by atoms with Gasteiger partial charge >= 0.3 is 6.36 Å². The van der Waals surface area contributed by atoms with Crippen LogP contribution in [-0.4, -0.2) is 52.4 Å². The molecule has 158 valence electrons. The number of hydrogen-bond acceptors (Lipinski definition) is 5. The fraction of sp³-hybridized carbons (Fsp3) is 0.368. The van der Waals surface area contributed by atoms with Crippen molar-refractivity contribution in [3.63, 3.8) is 0 Å². The van der Waals surface area contributed by atoms with Crippen LogP contribution in [-0.2, 0) is 21.3 Å². The van der Waals surface area contributed by atoms with Gasteiger partial charge in [0.1, 0.15) is 5.75 Å². The van der Waals surface area contributed by atoms with Crippen LogP contribution < -0.4 is 9.64 Å². The number of benzene rings is 2. The molecule has 0 N–H and O–H groups in total. The van der Waals surface area contributed by atoms with E-state index in [2.05, 4.69) is 9.64 Å².